The predicted octanol–water partition coefficient (Wildman–Crippen LogP) is 6.27. The lowest BCUT2D eigenvalue weighted by molar-refractivity contribution is -0.134. The molecule has 0 unspecified atom stereocenters. The van der Waals surface area contributed by atoms with Crippen LogP contribution < -0.4 is 4.74 Å². The molecule has 30 heavy (non-hydrogen) atoms. The van der Waals surface area contributed by atoms with Gasteiger partial charge in [0.15, 0.2) is 5.78 Å². The van der Waals surface area contributed by atoms with Crippen molar-refractivity contribution in [3.63, 3.8) is 0 Å². The molecular formula is C23H26O3S4. The number of hydrogen-bond donors (Lipinski definition) is 0. The molecule has 2 fully saturated rings. The summed E-state index contributed by atoms with van der Waals surface area (Å²) in [6.07, 6.45) is 1.11. The second-order valence-corrected chi connectivity index (χ2v) is 14.9. The van der Waals surface area contributed by atoms with Crippen LogP contribution in [-0.2, 0) is 11.2 Å². The van der Waals surface area contributed by atoms with Gasteiger partial charge in [-0.15, -0.1) is 47.0 Å². The Morgan fingerprint density at radius 2 is 1.57 bits per heavy atom. The molecule has 0 spiro atoms. The predicted molar refractivity (Wildman–Crippen MR) is 135 cm³/mol. The molecule has 0 saturated carbocycles. The van der Waals surface area contributed by atoms with E-state index >= 15 is 0 Å². The van der Waals surface area contributed by atoms with Gasteiger partial charge in [0.1, 0.15) is 5.75 Å². The molecule has 2 aromatic carbocycles. The molecule has 3 nitrogen and oxygen atoms in total. The fourth-order valence-electron chi connectivity index (χ4n) is 4.08. The lowest BCUT2D eigenvalue weighted by Gasteiger charge is -2.25. The van der Waals surface area contributed by atoms with Gasteiger partial charge in [-0.1, -0.05) is 30.3 Å². The Morgan fingerprint density at radius 1 is 0.967 bits per heavy atom. The van der Waals surface area contributed by atoms with Crippen LogP contribution in [0.2, 0.25) is 0 Å². The Kier molecular flexibility index (Phi) is 6.73. The molecule has 2 heterocycles. The highest BCUT2D eigenvalue weighted by Gasteiger charge is 2.35. The third kappa shape index (κ3) is 4.84. The Bertz CT molecular complexity index is 976. The third-order valence-electron chi connectivity index (χ3n) is 5.42. The summed E-state index contributed by atoms with van der Waals surface area (Å²) in [5, 5.41) is 1.83. The molecule has 2 aliphatic heterocycles. The number of fused-ring (bicyclic) bond motifs is 1. The largest absolute Gasteiger partial charge is 0.425 e. The van der Waals surface area contributed by atoms with Crippen molar-refractivity contribution in [3.05, 3.63) is 41.5 Å². The zero-order valence-corrected chi connectivity index (χ0v) is 20.8. The molecular weight excluding hydrogens is 453 g/mol. The first-order valence-electron chi connectivity index (χ1n) is 10.1. The molecule has 0 amide bonds. The smallest absolute Gasteiger partial charge is 0.313 e. The van der Waals surface area contributed by atoms with Crippen LogP contribution in [0.15, 0.2) is 30.3 Å². The lowest BCUT2D eigenvalue weighted by Crippen LogP contribution is -2.23. The first-order chi connectivity index (χ1) is 14.3. The fourth-order valence-corrected chi connectivity index (χ4v) is 9.76. The fraction of sp³-hybridized carbons (Fsp3) is 0.478. The van der Waals surface area contributed by atoms with Gasteiger partial charge < -0.3 is 4.74 Å². The second-order valence-electron chi connectivity index (χ2n) is 8.01. The van der Waals surface area contributed by atoms with Crippen LogP contribution in [0.4, 0.5) is 0 Å². The summed E-state index contributed by atoms with van der Waals surface area (Å²) >= 11 is 7.51. The van der Waals surface area contributed by atoms with Crippen molar-refractivity contribution in [1.29, 1.82) is 0 Å². The summed E-state index contributed by atoms with van der Waals surface area (Å²) in [5.74, 6) is 4.48. The minimum Gasteiger partial charge on any atom is -0.425 e. The molecule has 0 N–H and O–H groups in total. The van der Waals surface area contributed by atoms with Crippen molar-refractivity contribution < 1.29 is 14.3 Å². The summed E-state index contributed by atoms with van der Waals surface area (Å²) in [7, 11) is 0. The van der Waals surface area contributed by atoms with Gasteiger partial charge in [0.25, 0.3) is 0 Å². The number of benzene rings is 2. The Balaban J connectivity index is 1.75. The number of thioether (sulfide) groups is 4. The van der Waals surface area contributed by atoms with Crippen molar-refractivity contribution >= 4 is 69.6 Å². The lowest BCUT2D eigenvalue weighted by atomic mass is 9.94. The van der Waals surface area contributed by atoms with Crippen LogP contribution in [-0.4, -0.2) is 42.9 Å². The van der Waals surface area contributed by atoms with E-state index in [1.54, 1.807) is 6.92 Å². The van der Waals surface area contributed by atoms with E-state index in [9.17, 15) is 9.59 Å². The van der Waals surface area contributed by atoms with Crippen molar-refractivity contribution in [1.82, 2.24) is 0 Å². The molecule has 0 radical (unpaired) electrons. The summed E-state index contributed by atoms with van der Waals surface area (Å²) in [5.41, 5.74) is 1.54. The quantitative estimate of drug-likeness (QED) is 0.275. The van der Waals surface area contributed by atoms with Crippen LogP contribution in [0.1, 0.15) is 43.1 Å². The summed E-state index contributed by atoms with van der Waals surface area (Å²) < 4.78 is 5.88. The minimum atomic E-state index is -0.264. The topological polar surface area (TPSA) is 43.4 Å². The Morgan fingerprint density at radius 3 is 2.20 bits per heavy atom. The molecule has 2 aliphatic rings. The van der Waals surface area contributed by atoms with E-state index in [4.69, 9.17) is 4.74 Å². The highest BCUT2D eigenvalue weighted by molar-refractivity contribution is 8.21. The molecule has 7 heteroatoms. The van der Waals surface area contributed by atoms with E-state index in [1.807, 2.05) is 71.3 Å². The van der Waals surface area contributed by atoms with Gasteiger partial charge in [-0.3, -0.25) is 9.59 Å². The molecule has 2 aromatic rings. The van der Waals surface area contributed by atoms with Crippen LogP contribution in [0.5, 0.6) is 5.75 Å². The van der Waals surface area contributed by atoms with Crippen molar-refractivity contribution in [3.8, 4) is 5.75 Å². The molecule has 0 aromatic heterocycles. The first kappa shape index (κ1) is 22.4. The minimum absolute atomic E-state index is 0.0402. The average molecular weight is 479 g/mol. The Labute approximate surface area is 195 Å². The first-order valence-corrected chi connectivity index (χ1v) is 14.0. The molecule has 0 atom stereocenters. The SMILES string of the molecule is CC(=O)c1c(CC2(C)SCCS2)cc2ccccc2c1OC(=O)CC1(C)SCCS1. The molecule has 2 saturated heterocycles. The number of ketones is 1. The van der Waals surface area contributed by atoms with Gasteiger partial charge in [0, 0.05) is 28.4 Å². The zero-order chi connectivity index (χ0) is 21.4. The monoisotopic (exact) mass is 478 g/mol. The number of esters is 1. The second kappa shape index (κ2) is 9.00. The van der Waals surface area contributed by atoms with E-state index in [2.05, 4.69) is 19.9 Å². The number of Topliss-reactive ketones (excluding diaryl/α,β-unsaturated/α-hetero) is 1. The van der Waals surface area contributed by atoms with Crippen LogP contribution in [0.25, 0.3) is 10.8 Å². The van der Waals surface area contributed by atoms with Crippen LogP contribution in [0.3, 0.4) is 0 Å². The van der Waals surface area contributed by atoms with Crippen molar-refractivity contribution in [2.75, 3.05) is 23.0 Å². The van der Waals surface area contributed by atoms with E-state index in [0.717, 1.165) is 45.8 Å². The number of carbonyl (C=O) groups is 2. The highest BCUT2D eigenvalue weighted by atomic mass is 32.2. The zero-order valence-electron chi connectivity index (χ0n) is 17.5. The third-order valence-corrected chi connectivity index (χ3v) is 12.0. The van der Waals surface area contributed by atoms with E-state index in [0.29, 0.717) is 17.7 Å². The van der Waals surface area contributed by atoms with Crippen molar-refractivity contribution in [2.45, 2.75) is 41.8 Å². The maximum Gasteiger partial charge on any atom is 0.313 e. The van der Waals surface area contributed by atoms with E-state index in [-0.39, 0.29) is 19.9 Å². The maximum atomic E-state index is 12.9. The van der Waals surface area contributed by atoms with E-state index in [1.165, 1.54) is 0 Å². The van der Waals surface area contributed by atoms with Gasteiger partial charge >= 0.3 is 5.97 Å². The van der Waals surface area contributed by atoms with Gasteiger partial charge in [-0.2, -0.15) is 0 Å². The number of ether oxygens (including phenoxy) is 1. The Hall–Kier alpha value is -0.760. The molecule has 0 bridgehead atoms. The standard InChI is InChI=1S/C23H26O3S4/c1-15(24)20-17(13-22(2)27-8-9-28-22)12-16-6-4-5-7-18(16)21(20)26-19(25)14-23(3)29-10-11-30-23/h4-7,12H,8-11,13-14H2,1-3H3. The van der Waals surface area contributed by atoms with E-state index < -0.39 is 0 Å². The van der Waals surface area contributed by atoms with Gasteiger partial charge in [0.2, 0.25) is 0 Å². The van der Waals surface area contributed by atoms with Crippen LogP contribution in [0, 0.1) is 0 Å². The maximum absolute atomic E-state index is 12.9. The number of carbonyl (C=O) groups excluding carboxylic acids is 2. The summed E-state index contributed by atoms with van der Waals surface area (Å²) in [6, 6.07) is 9.99. The van der Waals surface area contributed by atoms with Gasteiger partial charge in [0.05, 0.1) is 20.1 Å². The number of rotatable bonds is 6. The number of hydrogen-bond acceptors (Lipinski definition) is 7. The summed E-state index contributed by atoms with van der Waals surface area (Å²) in [6.45, 7) is 5.92. The van der Waals surface area contributed by atoms with Crippen LogP contribution >= 0.6 is 47.0 Å². The highest BCUT2D eigenvalue weighted by Crippen LogP contribution is 2.48. The van der Waals surface area contributed by atoms with Crippen molar-refractivity contribution in [2.24, 2.45) is 0 Å². The molecule has 4 rings (SSSR count). The molecule has 0 aliphatic carbocycles. The van der Waals surface area contributed by atoms with Gasteiger partial charge in [-0.25, -0.2) is 0 Å². The van der Waals surface area contributed by atoms with Gasteiger partial charge in [-0.05, 0) is 38.1 Å². The average Bonchev–Trinajstić information content (AvgIpc) is 3.29. The molecule has 160 valence electrons. The normalized spacial score (nSPS) is 19.8. The summed E-state index contributed by atoms with van der Waals surface area (Å²) in [4.78, 5) is 25.7.